The van der Waals surface area contributed by atoms with Gasteiger partial charge in [0.05, 0.1) is 18.2 Å². The summed E-state index contributed by atoms with van der Waals surface area (Å²) in [5.74, 6) is 1.08. The molecule has 27 heavy (non-hydrogen) atoms. The molecular formula is C22H21N3O2. The summed E-state index contributed by atoms with van der Waals surface area (Å²) in [4.78, 5) is 17.3. The zero-order valence-electron chi connectivity index (χ0n) is 15.4. The lowest BCUT2D eigenvalue weighted by atomic mass is 10.2. The highest BCUT2D eigenvalue weighted by molar-refractivity contribution is 5.80. The van der Waals surface area contributed by atoms with Crippen LogP contribution in [-0.4, -0.2) is 16.7 Å². The van der Waals surface area contributed by atoms with E-state index < -0.39 is 0 Å². The Morgan fingerprint density at radius 3 is 2.52 bits per heavy atom. The zero-order valence-corrected chi connectivity index (χ0v) is 15.4. The van der Waals surface area contributed by atoms with Gasteiger partial charge in [-0.1, -0.05) is 31.4 Å². The molecule has 0 saturated carbocycles. The number of methoxy groups -OCH3 is 1. The number of para-hydroxylation sites is 1. The number of aromatic nitrogens is 2. The van der Waals surface area contributed by atoms with Crippen LogP contribution in [0.15, 0.2) is 90.1 Å². The maximum Gasteiger partial charge on any atom is 0.193 e. The summed E-state index contributed by atoms with van der Waals surface area (Å²) in [6, 6.07) is 14.9. The van der Waals surface area contributed by atoms with Crippen LogP contribution in [0.3, 0.4) is 0 Å². The summed E-state index contributed by atoms with van der Waals surface area (Å²) >= 11 is 0. The third-order valence-electron chi connectivity index (χ3n) is 4.15. The van der Waals surface area contributed by atoms with Gasteiger partial charge in [-0.05, 0) is 43.3 Å². The number of pyridine rings is 2. The van der Waals surface area contributed by atoms with Gasteiger partial charge in [0.15, 0.2) is 5.43 Å². The second-order valence-corrected chi connectivity index (χ2v) is 5.90. The lowest BCUT2D eigenvalue weighted by Gasteiger charge is -2.19. The molecule has 2 aromatic heterocycles. The fraction of sp³-hybridized carbons (Fsp3) is 0.0909. The smallest absolute Gasteiger partial charge is 0.193 e. The maximum absolute atomic E-state index is 12.7. The highest BCUT2D eigenvalue weighted by Crippen LogP contribution is 2.23. The molecule has 136 valence electrons. The number of anilines is 1. The number of allylic oxidation sites excluding steroid dienone is 2. The second kappa shape index (κ2) is 7.74. The van der Waals surface area contributed by atoms with Crippen molar-refractivity contribution in [3.63, 3.8) is 0 Å². The fourth-order valence-electron chi connectivity index (χ4n) is 2.87. The number of nitrogens with zero attached hydrogens (tertiary/aromatic N) is 2. The van der Waals surface area contributed by atoms with Gasteiger partial charge in [0, 0.05) is 17.4 Å². The first-order valence-corrected chi connectivity index (χ1v) is 8.48. The lowest BCUT2D eigenvalue weighted by Crippen LogP contribution is -2.16. The Balaban J connectivity index is 2.35. The Kier molecular flexibility index (Phi) is 5.22. The molecule has 5 nitrogen and oxygen atoms in total. The van der Waals surface area contributed by atoms with E-state index >= 15 is 0 Å². The largest absolute Gasteiger partial charge is 0.495 e. The third-order valence-corrected chi connectivity index (χ3v) is 4.15. The molecule has 2 heterocycles. The lowest BCUT2D eigenvalue weighted by molar-refractivity contribution is 0.304. The molecule has 3 rings (SSSR count). The maximum atomic E-state index is 12.7. The zero-order chi connectivity index (χ0) is 19.4. The molecule has 0 unspecified atom stereocenters. The Labute approximate surface area is 157 Å². The average molecular weight is 359 g/mol. The van der Waals surface area contributed by atoms with E-state index in [-0.39, 0.29) is 5.43 Å². The van der Waals surface area contributed by atoms with E-state index in [1.54, 1.807) is 31.4 Å². The first-order valence-electron chi connectivity index (χ1n) is 8.48. The van der Waals surface area contributed by atoms with E-state index in [1.807, 2.05) is 47.9 Å². The standard InChI is InChI=1S/C22H21N3O2/c1-5-18(20(6-2)27-4)24-21-14-19(26)17-13-12-15(3)23-22(17)25(21)16-10-8-7-9-11-16/h5-14,24H,1-2H2,3-4H3/b20-18-. The van der Waals surface area contributed by atoms with Crippen molar-refractivity contribution in [3.8, 4) is 5.69 Å². The molecule has 0 spiro atoms. The second-order valence-electron chi connectivity index (χ2n) is 5.90. The molecule has 0 amide bonds. The van der Waals surface area contributed by atoms with E-state index in [4.69, 9.17) is 4.74 Å². The van der Waals surface area contributed by atoms with Gasteiger partial charge in [0.1, 0.15) is 17.2 Å². The van der Waals surface area contributed by atoms with Gasteiger partial charge in [0.25, 0.3) is 0 Å². The van der Waals surface area contributed by atoms with E-state index in [0.29, 0.717) is 28.3 Å². The van der Waals surface area contributed by atoms with E-state index in [1.165, 1.54) is 0 Å². The molecule has 5 heteroatoms. The number of benzene rings is 1. The number of hydrogen-bond acceptors (Lipinski definition) is 4. The number of ether oxygens (including phenoxy) is 1. The van der Waals surface area contributed by atoms with Crippen molar-refractivity contribution < 1.29 is 4.74 Å². The molecule has 3 aromatic rings. The fourth-order valence-corrected chi connectivity index (χ4v) is 2.87. The predicted octanol–water partition coefficient (Wildman–Crippen LogP) is 4.34. The van der Waals surface area contributed by atoms with Crippen molar-refractivity contribution >= 4 is 16.9 Å². The van der Waals surface area contributed by atoms with Gasteiger partial charge >= 0.3 is 0 Å². The number of hydrogen-bond donors (Lipinski definition) is 1. The first kappa shape index (κ1) is 18.2. The number of fused-ring (bicyclic) bond motifs is 1. The van der Waals surface area contributed by atoms with Gasteiger partial charge in [0.2, 0.25) is 0 Å². The van der Waals surface area contributed by atoms with Crippen molar-refractivity contribution in [1.29, 1.82) is 0 Å². The van der Waals surface area contributed by atoms with Crippen LogP contribution in [0.2, 0.25) is 0 Å². The molecule has 0 bridgehead atoms. The SMILES string of the molecule is C=C/C(Nc1cc(=O)c2ccc(C)nc2n1-c1ccccc1)=C(\C=C)OC. The van der Waals surface area contributed by atoms with Crippen LogP contribution in [0.5, 0.6) is 0 Å². The van der Waals surface area contributed by atoms with E-state index in [2.05, 4.69) is 23.5 Å². The monoisotopic (exact) mass is 359 g/mol. The molecule has 0 atom stereocenters. The van der Waals surface area contributed by atoms with Crippen LogP contribution < -0.4 is 10.7 Å². The summed E-state index contributed by atoms with van der Waals surface area (Å²) in [6.07, 6.45) is 3.20. The first-order chi connectivity index (χ1) is 13.1. The summed E-state index contributed by atoms with van der Waals surface area (Å²) in [5.41, 5.74) is 2.77. The summed E-state index contributed by atoms with van der Waals surface area (Å²) in [7, 11) is 1.55. The van der Waals surface area contributed by atoms with Gasteiger partial charge in [-0.3, -0.25) is 9.36 Å². The highest BCUT2D eigenvalue weighted by atomic mass is 16.5. The molecule has 0 fully saturated rings. The minimum atomic E-state index is -0.117. The van der Waals surface area contributed by atoms with Crippen LogP contribution in [-0.2, 0) is 4.74 Å². The normalized spacial score (nSPS) is 11.6. The Hall–Kier alpha value is -3.60. The average Bonchev–Trinajstić information content (AvgIpc) is 2.68. The van der Waals surface area contributed by atoms with Gasteiger partial charge in [-0.25, -0.2) is 4.98 Å². The Morgan fingerprint density at radius 2 is 1.89 bits per heavy atom. The predicted molar refractivity (Wildman–Crippen MR) is 110 cm³/mol. The molecule has 1 N–H and O–H groups in total. The highest BCUT2D eigenvalue weighted by Gasteiger charge is 2.14. The topological polar surface area (TPSA) is 56.2 Å². The van der Waals surface area contributed by atoms with Crippen molar-refractivity contribution in [2.45, 2.75) is 6.92 Å². The molecule has 0 radical (unpaired) electrons. The van der Waals surface area contributed by atoms with Crippen LogP contribution >= 0.6 is 0 Å². The molecule has 0 aliphatic rings. The van der Waals surface area contributed by atoms with Crippen LogP contribution in [0.25, 0.3) is 16.7 Å². The van der Waals surface area contributed by atoms with Crippen LogP contribution in [0.4, 0.5) is 5.82 Å². The molecular weight excluding hydrogens is 338 g/mol. The molecule has 0 saturated heterocycles. The molecule has 0 aliphatic heterocycles. The molecule has 1 aromatic carbocycles. The number of aryl methyl sites for hydroxylation is 1. The summed E-state index contributed by atoms with van der Waals surface area (Å²) in [5, 5.41) is 3.79. The van der Waals surface area contributed by atoms with Crippen molar-refractivity contribution in [2.24, 2.45) is 0 Å². The third kappa shape index (κ3) is 3.53. The van der Waals surface area contributed by atoms with Crippen molar-refractivity contribution in [1.82, 2.24) is 9.55 Å². The van der Waals surface area contributed by atoms with E-state index in [9.17, 15) is 4.79 Å². The van der Waals surface area contributed by atoms with Crippen molar-refractivity contribution in [2.75, 3.05) is 12.4 Å². The number of nitrogens with one attached hydrogen (secondary N) is 1. The van der Waals surface area contributed by atoms with E-state index in [0.717, 1.165) is 11.4 Å². The minimum absolute atomic E-state index is 0.117. The quantitative estimate of drug-likeness (QED) is 0.525. The summed E-state index contributed by atoms with van der Waals surface area (Å²) < 4.78 is 7.24. The summed E-state index contributed by atoms with van der Waals surface area (Å²) in [6.45, 7) is 9.47. The van der Waals surface area contributed by atoms with Crippen LogP contribution in [0, 0.1) is 6.92 Å². The molecule has 0 aliphatic carbocycles. The number of rotatable bonds is 6. The Bertz CT molecular complexity index is 1100. The Morgan fingerprint density at radius 1 is 1.15 bits per heavy atom. The van der Waals surface area contributed by atoms with Gasteiger partial charge in [-0.15, -0.1) is 0 Å². The van der Waals surface area contributed by atoms with Gasteiger partial charge < -0.3 is 10.1 Å². The minimum Gasteiger partial charge on any atom is -0.495 e. The van der Waals surface area contributed by atoms with Crippen molar-refractivity contribution in [3.05, 3.63) is 101 Å². The van der Waals surface area contributed by atoms with Crippen LogP contribution in [0.1, 0.15) is 5.69 Å². The van der Waals surface area contributed by atoms with Gasteiger partial charge in [-0.2, -0.15) is 0 Å².